The number of hydrogen-bond donors (Lipinski definition) is 2. The first-order valence-corrected chi connectivity index (χ1v) is 9.47. The van der Waals surface area contributed by atoms with Crippen LogP contribution in [0.5, 0.6) is 11.5 Å². The van der Waals surface area contributed by atoms with Gasteiger partial charge < -0.3 is 14.0 Å². The van der Waals surface area contributed by atoms with Gasteiger partial charge in [0.15, 0.2) is 11.5 Å². The second-order valence-corrected chi connectivity index (χ2v) is 6.84. The third-order valence-electron chi connectivity index (χ3n) is 4.55. The highest BCUT2D eigenvalue weighted by atomic mass is 32.2. The minimum Gasteiger partial charge on any atom is -0.493 e. The molecule has 0 fully saturated rings. The monoisotopic (exact) mass is 398 g/mol. The number of aryl methyl sites for hydroxylation is 1. The van der Waals surface area contributed by atoms with Crippen molar-refractivity contribution in [2.75, 3.05) is 18.9 Å². The molecule has 0 bridgehead atoms. The van der Waals surface area contributed by atoms with Crippen LogP contribution in [0, 0.1) is 0 Å². The molecule has 0 radical (unpaired) electrons. The number of anilines is 1. The Morgan fingerprint density at radius 3 is 2.39 bits per heavy atom. The van der Waals surface area contributed by atoms with Gasteiger partial charge >= 0.3 is 0 Å². The molecule has 2 heterocycles. The normalized spacial score (nSPS) is 12.3. The highest BCUT2D eigenvalue weighted by Crippen LogP contribution is 2.35. The lowest BCUT2D eigenvalue weighted by molar-refractivity contribution is 0.356. The Morgan fingerprint density at radius 1 is 1.07 bits per heavy atom. The summed E-state index contributed by atoms with van der Waals surface area (Å²) in [4.78, 5) is 9.23. The molecule has 0 spiro atoms. The number of methoxy groups -OCH3 is 2. The van der Waals surface area contributed by atoms with E-state index in [4.69, 9.17) is 19.0 Å². The number of imidazole rings is 1. The van der Waals surface area contributed by atoms with Gasteiger partial charge in [-0.05, 0) is 30.3 Å². The highest BCUT2D eigenvalue weighted by Gasteiger charge is 2.16. The predicted molar refractivity (Wildman–Crippen MR) is 109 cm³/mol. The first-order chi connectivity index (χ1) is 13.5. The van der Waals surface area contributed by atoms with Gasteiger partial charge in [0, 0.05) is 29.8 Å². The molecule has 28 heavy (non-hydrogen) atoms. The van der Waals surface area contributed by atoms with Crippen LogP contribution < -0.4 is 14.2 Å². The van der Waals surface area contributed by atoms with Crippen molar-refractivity contribution in [3.8, 4) is 22.9 Å². The third-order valence-corrected chi connectivity index (χ3v) is 4.96. The molecule has 0 saturated heterocycles. The zero-order valence-electron chi connectivity index (χ0n) is 15.5. The predicted octanol–water partition coefficient (Wildman–Crippen LogP) is 3.35. The van der Waals surface area contributed by atoms with Gasteiger partial charge in [-0.15, -0.1) is 0 Å². The smallest absolute Gasteiger partial charge is 0.259 e. The van der Waals surface area contributed by atoms with Crippen molar-refractivity contribution >= 4 is 38.9 Å². The number of benzene rings is 2. The van der Waals surface area contributed by atoms with Gasteiger partial charge in [-0.2, -0.15) is 0 Å². The maximum atomic E-state index is 10.9. The topological polar surface area (TPSA) is 98.5 Å². The maximum Gasteiger partial charge on any atom is 0.259 e. The lowest BCUT2D eigenvalue weighted by Crippen LogP contribution is -2.01. The van der Waals surface area contributed by atoms with E-state index in [1.54, 1.807) is 32.5 Å². The molecule has 0 amide bonds. The standard InChI is InChI=1S/C19H18N4O4S/c1-23-18-13-8-16(26-2)17(27-3)9-14(13)20-10-15(18)21-19(23)11-4-6-12(7-5-11)22-28(24)25/h4-10,22H,1-3H3,(H,24,25). The molecule has 4 rings (SSSR count). The molecule has 144 valence electrons. The van der Waals surface area contributed by atoms with E-state index in [2.05, 4.69) is 9.71 Å². The lowest BCUT2D eigenvalue weighted by Gasteiger charge is -2.10. The summed E-state index contributed by atoms with van der Waals surface area (Å²) < 4.78 is 35.0. The van der Waals surface area contributed by atoms with E-state index in [-0.39, 0.29) is 0 Å². The first-order valence-electron chi connectivity index (χ1n) is 8.37. The van der Waals surface area contributed by atoms with Gasteiger partial charge in [-0.3, -0.25) is 14.3 Å². The summed E-state index contributed by atoms with van der Waals surface area (Å²) in [6, 6.07) is 10.9. The zero-order valence-corrected chi connectivity index (χ0v) is 16.3. The lowest BCUT2D eigenvalue weighted by atomic mass is 10.1. The van der Waals surface area contributed by atoms with Crippen molar-refractivity contribution < 1.29 is 18.2 Å². The summed E-state index contributed by atoms with van der Waals surface area (Å²) in [6.45, 7) is 0. The van der Waals surface area contributed by atoms with Crippen molar-refractivity contribution in [3.05, 3.63) is 42.6 Å². The fourth-order valence-electron chi connectivity index (χ4n) is 3.27. The number of aromatic nitrogens is 3. The number of nitrogens with one attached hydrogen (secondary N) is 1. The molecule has 0 saturated carbocycles. The summed E-state index contributed by atoms with van der Waals surface area (Å²) in [5.41, 5.74) is 3.90. The van der Waals surface area contributed by atoms with E-state index in [0.29, 0.717) is 17.2 Å². The Labute approximate surface area is 163 Å². The second kappa shape index (κ2) is 7.10. The molecule has 8 nitrogen and oxygen atoms in total. The van der Waals surface area contributed by atoms with Crippen LogP contribution in [0.25, 0.3) is 33.3 Å². The molecular formula is C19H18N4O4S. The molecule has 0 aliphatic carbocycles. The van der Waals surface area contributed by atoms with Gasteiger partial charge in [0.2, 0.25) is 0 Å². The summed E-state index contributed by atoms with van der Waals surface area (Å²) in [5.74, 6) is 2.00. The first kappa shape index (κ1) is 18.2. The SMILES string of the molecule is COc1cc2ncc3nc(-c4ccc(NS(=O)O)cc4)n(C)c3c2cc1OC. The Hall–Kier alpha value is -3.17. The third kappa shape index (κ3) is 3.04. The molecule has 0 aliphatic rings. The van der Waals surface area contributed by atoms with Crippen LogP contribution in [0.2, 0.25) is 0 Å². The average molecular weight is 398 g/mol. The summed E-state index contributed by atoms with van der Waals surface area (Å²) in [5, 5.41) is 0.908. The van der Waals surface area contributed by atoms with Crippen molar-refractivity contribution in [2.45, 2.75) is 0 Å². The van der Waals surface area contributed by atoms with Gasteiger partial charge in [0.1, 0.15) is 11.3 Å². The number of pyridine rings is 1. The zero-order chi connectivity index (χ0) is 19.8. The molecule has 0 aliphatic heterocycles. The minimum atomic E-state index is -2.11. The van der Waals surface area contributed by atoms with Crippen LogP contribution in [0.1, 0.15) is 0 Å². The van der Waals surface area contributed by atoms with Crippen LogP contribution >= 0.6 is 0 Å². The van der Waals surface area contributed by atoms with Crippen molar-refractivity contribution in [1.82, 2.24) is 14.5 Å². The Kier molecular flexibility index (Phi) is 4.62. The van der Waals surface area contributed by atoms with Crippen molar-refractivity contribution in [1.29, 1.82) is 0 Å². The molecule has 4 aromatic rings. The molecule has 9 heteroatoms. The van der Waals surface area contributed by atoms with Gasteiger partial charge in [0.05, 0.1) is 31.4 Å². The van der Waals surface area contributed by atoms with E-state index < -0.39 is 11.3 Å². The number of nitrogens with zero attached hydrogens (tertiary/aromatic N) is 3. The van der Waals surface area contributed by atoms with E-state index >= 15 is 0 Å². The summed E-state index contributed by atoms with van der Waals surface area (Å²) in [7, 11) is 5.13. The van der Waals surface area contributed by atoms with Crippen LogP contribution in [-0.4, -0.2) is 37.5 Å². The summed E-state index contributed by atoms with van der Waals surface area (Å²) >= 11 is -2.11. The van der Waals surface area contributed by atoms with Crippen LogP contribution in [0.15, 0.2) is 42.6 Å². The number of ether oxygens (including phenoxy) is 2. The molecule has 1 atom stereocenters. The number of rotatable bonds is 5. The Morgan fingerprint density at radius 2 is 1.75 bits per heavy atom. The fourth-order valence-corrected chi connectivity index (χ4v) is 3.61. The Balaban J connectivity index is 1.88. The van der Waals surface area contributed by atoms with E-state index in [1.165, 1.54) is 0 Å². The van der Waals surface area contributed by atoms with Crippen LogP contribution in [-0.2, 0) is 18.3 Å². The minimum absolute atomic E-state index is 0.548. The average Bonchev–Trinajstić information content (AvgIpc) is 3.04. The van der Waals surface area contributed by atoms with Gasteiger partial charge in [0.25, 0.3) is 11.3 Å². The quantitative estimate of drug-likeness (QED) is 0.500. The van der Waals surface area contributed by atoms with Crippen LogP contribution in [0.4, 0.5) is 5.69 Å². The van der Waals surface area contributed by atoms with E-state index in [9.17, 15) is 4.21 Å². The molecular weight excluding hydrogens is 380 g/mol. The molecule has 2 aromatic carbocycles. The molecule has 1 unspecified atom stereocenters. The molecule has 2 aromatic heterocycles. The Bertz CT molecular complexity index is 1200. The highest BCUT2D eigenvalue weighted by molar-refractivity contribution is 7.80. The van der Waals surface area contributed by atoms with E-state index in [0.717, 1.165) is 33.3 Å². The molecule has 2 N–H and O–H groups in total. The number of fused-ring (bicyclic) bond motifs is 3. The van der Waals surface area contributed by atoms with Crippen molar-refractivity contribution in [3.63, 3.8) is 0 Å². The summed E-state index contributed by atoms with van der Waals surface area (Å²) in [6.07, 6.45) is 1.73. The second-order valence-electron chi connectivity index (χ2n) is 6.14. The van der Waals surface area contributed by atoms with Crippen LogP contribution in [0.3, 0.4) is 0 Å². The fraction of sp³-hybridized carbons (Fsp3) is 0.158. The van der Waals surface area contributed by atoms with Gasteiger partial charge in [-0.1, -0.05) is 0 Å². The largest absolute Gasteiger partial charge is 0.493 e. The maximum absolute atomic E-state index is 10.9. The van der Waals surface area contributed by atoms with Crippen molar-refractivity contribution in [2.24, 2.45) is 7.05 Å². The van der Waals surface area contributed by atoms with E-state index in [1.807, 2.05) is 35.9 Å². The number of hydrogen-bond acceptors (Lipinski definition) is 5. The van der Waals surface area contributed by atoms with Gasteiger partial charge in [-0.25, -0.2) is 9.19 Å².